The molecule has 0 aliphatic carbocycles. The summed E-state index contributed by atoms with van der Waals surface area (Å²) in [5.41, 5.74) is 1.02. The van der Waals surface area contributed by atoms with Crippen molar-refractivity contribution < 1.29 is 9.18 Å². The number of hydrogen-bond donors (Lipinski definition) is 0. The standard InChI is InChI=1S/C14H9BrFIO/c15-12-3-1-2-11(14(12)16)13(18)8-9-4-6-10(17)7-5-9/h1-7H,8H2. The molecule has 0 fully saturated rings. The van der Waals surface area contributed by atoms with Gasteiger partial charge in [0.15, 0.2) is 5.78 Å². The van der Waals surface area contributed by atoms with Gasteiger partial charge in [-0.3, -0.25) is 4.79 Å². The SMILES string of the molecule is O=C(Cc1ccc(I)cc1)c1cccc(Br)c1F. The second-order valence-corrected chi connectivity index (χ2v) is 5.93. The van der Waals surface area contributed by atoms with E-state index in [4.69, 9.17) is 0 Å². The van der Waals surface area contributed by atoms with E-state index in [0.717, 1.165) is 9.13 Å². The average molecular weight is 419 g/mol. The van der Waals surface area contributed by atoms with Crippen LogP contribution in [0.3, 0.4) is 0 Å². The number of ketones is 1. The van der Waals surface area contributed by atoms with Gasteiger partial charge in [-0.1, -0.05) is 18.2 Å². The van der Waals surface area contributed by atoms with Crippen molar-refractivity contribution in [3.8, 4) is 0 Å². The number of carbonyl (C=O) groups excluding carboxylic acids is 1. The molecule has 0 radical (unpaired) electrons. The minimum Gasteiger partial charge on any atom is -0.294 e. The van der Waals surface area contributed by atoms with Crippen LogP contribution in [0.15, 0.2) is 46.9 Å². The summed E-state index contributed by atoms with van der Waals surface area (Å²) in [5.74, 6) is -0.706. The van der Waals surface area contributed by atoms with Gasteiger partial charge in [0.05, 0.1) is 10.0 Å². The van der Waals surface area contributed by atoms with E-state index >= 15 is 0 Å². The van der Waals surface area contributed by atoms with Crippen molar-refractivity contribution in [3.05, 3.63) is 67.5 Å². The van der Waals surface area contributed by atoms with Gasteiger partial charge < -0.3 is 0 Å². The molecule has 0 N–H and O–H groups in total. The first kappa shape index (κ1) is 13.7. The number of benzene rings is 2. The van der Waals surface area contributed by atoms with Crippen molar-refractivity contribution in [3.63, 3.8) is 0 Å². The summed E-state index contributed by atoms with van der Waals surface area (Å²) in [6.07, 6.45) is 0.213. The molecule has 0 amide bonds. The highest BCUT2D eigenvalue weighted by Gasteiger charge is 2.14. The molecule has 0 saturated carbocycles. The third-order valence-corrected chi connectivity index (χ3v) is 3.86. The van der Waals surface area contributed by atoms with Crippen LogP contribution in [0.5, 0.6) is 0 Å². The quantitative estimate of drug-likeness (QED) is 0.525. The van der Waals surface area contributed by atoms with Gasteiger partial charge in [-0.25, -0.2) is 4.39 Å². The Bertz CT molecular complexity index is 581. The van der Waals surface area contributed by atoms with Crippen LogP contribution in [0.1, 0.15) is 15.9 Å². The van der Waals surface area contributed by atoms with E-state index in [9.17, 15) is 9.18 Å². The zero-order chi connectivity index (χ0) is 13.1. The molecule has 0 aliphatic rings. The number of carbonyl (C=O) groups is 1. The van der Waals surface area contributed by atoms with E-state index in [0.29, 0.717) is 4.47 Å². The van der Waals surface area contributed by atoms with E-state index in [2.05, 4.69) is 38.5 Å². The Morgan fingerprint density at radius 3 is 2.50 bits per heavy atom. The van der Waals surface area contributed by atoms with Crippen LogP contribution < -0.4 is 0 Å². The maximum absolute atomic E-state index is 13.8. The van der Waals surface area contributed by atoms with Crippen LogP contribution in [-0.2, 0) is 6.42 Å². The van der Waals surface area contributed by atoms with Gasteiger partial charge in [0.25, 0.3) is 0 Å². The van der Waals surface area contributed by atoms with E-state index in [1.54, 1.807) is 12.1 Å². The summed E-state index contributed by atoms with van der Waals surface area (Å²) < 4.78 is 15.2. The maximum atomic E-state index is 13.8. The van der Waals surface area contributed by atoms with E-state index < -0.39 is 5.82 Å². The molecule has 2 aromatic rings. The zero-order valence-electron chi connectivity index (χ0n) is 9.29. The second kappa shape index (κ2) is 5.93. The lowest BCUT2D eigenvalue weighted by molar-refractivity contribution is 0.0989. The van der Waals surface area contributed by atoms with E-state index in [1.165, 1.54) is 6.07 Å². The third kappa shape index (κ3) is 3.17. The monoisotopic (exact) mass is 418 g/mol. The highest BCUT2D eigenvalue weighted by atomic mass is 127. The minimum absolute atomic E-state index is 0.128. The highest BCUT2D eigenvalue weighted by molar-refractivity contribution is 14.1. The van der Waals surface area contributed by atoms with Gasteiger partial charge in [-0.15, -0.1) is 0 Å². The van der Waals surface area contributed by atoms with Gasteiger partial charge in [0.1, 0.15) is 5.82 Å². The summed E-state index contributed by atoms with van der Waals surface area (Å²) in [6, 6.07) is 12.4. The minimum atomic E-state index is -0.493. The molecule has 1 nitrogen and oxygen atoms in total. The molecule has 0 spiro atoms. The average Bonchev–Trinajstić information content (AvgIpc) is 2.35. The van der Waals surface area contributed by atoms with Gasteiger partial charge in [0.2, 0.25) is 0 Å². The molecule has 2 aromatic carbocycles. The topological polar surface area (TPSA) is 17.1 Å². The summed E-state index contributed by atoms with van der Waals surface area (Å²) in [7, 11) is 0. The zero-order valence-corrected chi connectivity index (χ0v) is 13.0. The molecular formula is C14H9BrFIO. The van der Waals surface area contributed by atoms with Gasteiger partial charge >= 0.3 is 0 Å². The van der Waals surface area contributed by atoms with Crippen LogP contribution in [0.4, 0.5) is 4.39 Å². The Kier molecular flexibility index (Phi) is 4.50. The van der Waals surface area contributed by atoms with Gasteiger partial charge in [-0.2, -0.15) is 0 Å². The van der Waals surface area contributed by atoms with Crippen LogP contribution in [0.2, 0.25) is 0 Å². The van der Waals surface area contributed by atoms with Crippen molar-refractivity contribution >= 4 is 44.3 Å². The molecule has 92 valence electrons. The molecule has 0 aliphatic heterocycles. The molecule has 18 heavy (non-hydrogen) atoms. The molecule has 0 unspecified atom stereocenters. The predicted octanol–water partition coefficient (Wildman–Crippen LogP) is 4.62. The first-order chi connectivity index (χ1) is 8.58. The molecule has 2 rings (SSSR count). The molecule has 4 heteroatoms. The first-order valence-corrected chi connectivity index (χ1v) is 7.17. The summed E-state index contributed by atoms with van der Waals surface area (Å²) in [5, 5.41) is 0. The lowest BCUT2D eigenvalue weighted by Gasteiger charge is -2.04. The number of halogens is 3. The number of rotatable bonds is 3. The Labute approximate surface area is 127 Å². The molecular weight excluding hydrogens is 410 g/mol. The van der Waals surface area contributed by atoms with Crippen molar-refractivity contribution in [1.82, 2.24) is 0 Å². The van der Waals surface area contributed by atoms with Crippen LogP contribution in [-0.4, -0.2) is 5.78 Å². The third-order valence-electron chi connectivity index (χ3n) is 2.53. The Balaban J connectivity index is 2.22. The van der Waals surface area contributed by atoms with Crippen molar-refractivity contribution in [2.24, 2.45) is 0 Å². The van der Waals surface area contributed by atoms with E-state index in [1.807, 2.05) is 24.3 Å². The largest absolute Gasteiger partial charge is 0.294 e. The molecule has 0 heterocycles. The summed E-state index contributed by atoms with van der Waals surface area (Å²) >= 11 is 5.28. The fraction of sp³-hybridized carbons (Fsp3) is 0.0714. The maximum Gasteiger partial charge on any atom is 0.170 e. The van der Waals surface area contributed by atoms with Gasteiger partial charge in [0, 0.05) is 9.99 Å². The Morgan fingerprint density at radius 2 is 1.83 bits per heavy atom. The lowest BCUT2D eigenvalue weighted by Crippen LogP contribution is -2.06. The predicted molar refractivity (Wildman–Crippen MR) is 81.3 cm³/mol. The fourth-order valence-corrected chi connectivity index (χ4v) is 2.33. The molecule has 0 atom stereocenters. The molecule has 0 saturated heterocycles. The normalized spacial score (nSPS) is 10.4. The van der Waals surface area contributed by atoms with Crippen molar-refractivity contribution in [2.45, 2.75) is 6.42 Å². The highest BCUT2D eigenvalue weighted by Crippen LogP contribution is 2.20. The van der Waals surface area contributed by atoms with Crippen LogP contribution in [0.25, 0.3) is 0 Å². The van der Waals surface area contributed by atoms with Gasteiger partial charge in [-0.05, 0) is 68.3 Å². The van der Waals surface area contributed by atoms with Crippen LogP contribution in [0, 0.1) is 9.39 Å². The first-order valence-electron chi connectivity index (χ1n) is 5.29. The number of Topliss-reactive ketones (excluding diaryl/α,β-unsaturated/α-hetero) is 1. The van der Waals surface area contributed by atoms with Crippen molar-refractivity contribution in [2.75, 3.05) is 0 Å². The lowest BCUT2D eigenvalue weighted by atomic mass is 10.0. The van der Waals surface area contributed by atoms with E-state index in [-0.39, 0.29) is 17.8 Å². The smallest absolute Gasteiger partial charge is 0.170 e. The summed E-state index contributed by atoms with van der Waals surface area (Å²) in [4.78, 5) is 12.0. The van der Waals surface area contributed by atoms with Crippen molar-refractivity contribution in [1.29, 1.82) is 0 Å². The fourth-order valence-electron chi connectivity index (χ4n) is 1.60. The summed E-state index contributed by atoms with van der Waals surface area (Å²) in [6.45, 7) is 0. The molecule has 0 bridgehead atoms. The second-order valence-electron chi connectivity index (χ2n) is 3.83. The van der Waals surface area contributed by atoms with Crippen LogP contribution >= 0.6 is 38.5 Å². The number of hydrogen-bond acceptors (Lipinski definition) is 1. The Hall–Kier alpha value is -0.750. The Morgan fingerprint density at radius 1 is 1.17 bits per heavy atom. The molecule has 0 aromatic heterocycles.